The second-order valence-electron chi connectivity index (χ2n) is 7.56. The molecule has 0 aromatic heterocycles. The van der Waals surface area contributed by atoms with Gasteiger partial charge in [-0.3, -0.25) is 0 Å². The second-order valence-corrected chi connectivity index (χ2v) is 31.0. The van der Waals surface area contributed by atoms with Crippen LogP contribution in [0.1, 0.15) is 103 Å². The van der Waals surface area contributed by atoms with Gasteiger partial charge in [-0.05, 0) is 25.8 Å². The molecule has 0 aliphatic heterocycles. The van der Waals surface area contributed by atoms with Gasteiger partial charge >= 0.3 is 5.97 Å². The van der Waals surface area contributed by atoms with Crippen LogP contribution < -0.4 is 0 Å². The maximum Gasteiger partial charge on any atom is 0.330 e. The topological polar surface area (TPSA) is 26.3 Å². The van der Waals surface area contributed by atoms with Gasteiger partial charge in [0, 0.05) is 6.08 Å². The first-order valence-electron chi connectivity index (χ1n) is 10.7. The lowest BCUT2D eigenvalue weighted by Crippen LogP contribution is -2.12. The Balaban J connectivity index is 3.17. The molecule has 160 valence electrons. The van der Waals surface area contributed by atoms with E-state index in [1.54, 1.807) is 0 Å². The van der Waals surface area contributed by atoms with Crippen LogP contribution in [0.5, 0.6) is 0 Å². The number of ether oxygens (including phenoxy) is 1. The molecule has 0 amide bonds. The molecule has 6 heteroatoms. The van der Waals surface area contributed by atoms with Crippen molar-refractivity contribution >= 4 is 55.8 Å². The van der Waals surface area contributed by atoms with Crippen molar-refractivity contribution < 1.29 is 9.53 Å². The minimum absolute atomic E-state index is 0.0177. The minimum atomic E-state index is -1.36. The number of hydrogen-bond acceptors (Lipinski definition) is 2. The highest BCUT2D eigenvalue weighted by Crippen LogP contribution is 2.33. The van der Waals surface area contributed by atoms with E-state index in [2.05, 4.69) is 52.5 Å². The molecule has 0 spiro atoms. The highest BCUT2D eigenvalue weighted by atomic mass is 80.0. The van der Waals surface area contributed by atoms with E-state index in [4.69, 9.17) is 4.74 Å². The fourth-order valence-corrected chi connectivity index (χ4v) is 6.36. The van der Waals surface area contributed by atoms with Crippen LogP contribution in [0, 0.1) is 0 Å². The average molecular weight is 591 g/mol. The quantitative estimate of drug-likeness (QED) is 0.0493. The molecule has 0 aliphatic rings. The zero-order chi connectivity index (χ0) is 20.4. The van der Waals surface area contributed by atoms with Crippen molar-refractivity contribution in [2.45, 2.75) is 115 Å². The van der Waals surface area contributed by atoms with Gasteiger partial charge in [-0.25, -0.2) is 4.79 Å². The largest absolute Gasteiger partial charge is 0.460 e. The normalized spacial score (nSPS) is 12.7. The van der Waals surface area contributed by atoms with Crippen molar-refractivity contribution in [2.24, 2.45) is 0 Å². The van der Waals surface area contributed by atoms with E-state index in [1.807, 2.05) is 6.92 Å². The molecule has 0 saturated carbocycles. The van der Waals surface area contributed by atoms with Crippen LogP contribution in [0.2, 0.25) is 6.04 Å². The van der Waals surface area contributed by atoms with Gasteiger partial charge < -0.3 is 4.74 Å². The number of hydrogen-bond donors (Lipinski definition) is 0. The SMILES string of the molecule is C=CC(=O)OC(C)CCCCCCCCCCCCCCCC[Si](Br)(Br)Br. The van der Waals surface area contributed by atoms with E-state index in [0.29, 0.717) is 0 Å². The molecule has 2 nitrogen and oxygen atoms in total. The third-order valence-corrected chi connectivity index (χ3v) is 9.29. The standard InChI is InChI=1S/C21H39Br3O2Si/c1-3-21(25)26-20(2)18-16-14-12-10-8-6-4-5-7-9-11-13-15-17-19-27(22,23)24/h3,20H,1,4-19H2,2H3. The highest BCUT2D eigenvalue weighted by molar-refractivity contribution is 9.72. The number of carbonyl (C=O) groups excluding carboxylic acids is 1. The van der Waals surface area contributed by atoms with Gasteiger partial charge in [0.25, 0.3) is 3.93 Å². The Morgan fingerprint density at radius 3 is 1.56 bits per heavy atom. The van der Waals surface area contributed by atoms with Crippen molar-refractivity contribution in [1.82, 2.24) is 0 Å². The molecule has 27 heavy (non-hydrogen) atoms. The summed E-state index contributed by atoms with van der Waals surface area (Å²) in [6.07, 6.45) is 21.2. The summed E-state index contributed by atoms with van der Waals surface area (Å²) >= 11 is 11.1. The molecule has 0 fully saturated rings. The first-order chi connectivity index (χ1) is 12.8. The monoisotopic (exact) mass is 588 g/mol. The van der Waals surface area contributed by atoms with Crippen LogP contribution in [0.4, 0.5) is 0 Å². The molecule has 0 heterocycles. The van der Waals surface area contributed by atoms with Gasteiger partial charge in [-0.2, -0.15) is 0 Å². The molecule has 0 saturated heterocycles. The smallest absolute Gasteiger partial charge is 0.330 e. The fourth-order valence-electron chi connectivity index (χ4n) is 3.18. The first kappa shape index (κ1) is 27.9. The average Bonchev–Trinajstić information content (AvgIpc) is 2.60. The summed E-state index contributed by atoms with van der Waals surface area (Å²) in [6.45, 7) is 5.38. The van der Waals surface area contributed by atoms with E-state index >= 15 is 0 Å². The molecule has 0 aromatic rings. The summed E-state index contributed by atoms with van der Waals surface area (Å²) in [5, 5.41) is 0. The summed E-state index contributed by atoms with van der Waals surface area (Å²) in [4.78, 5) is 11.1. The molecule has 0 rings (SSSR count). The molecule has 0 aromatic carbocycles. The Kier molecular flexibility index (Phi) is 19.5. The van der Waals surface area contributed by atoms with Crippen LogP contribution in [0.25, 0.3) is 0 Å². The molecule has 1 atom stereocenters. The molecule has 0 bridgehead atoms. The zero-order valence-electron chi connectivity index (χ0n) is 17.1. The summed E-state index contributed by atoms with van der Waals surface area (Å²) in [5.41, 5.74) is 0. The van der Waals surface area contributed by atoms with Crippen molar-refractivity contribution in [3.8, 4) is 0 Å². The van der Waals surface area contributed by atoms with Crippen LogP contribution in [0.3, 0.4) is 0 Å². The van der Waals surface area contributed by atoms with Crippen molar-refractivity contribution in [3.63, 3.8) is 0 Å². The van der Waals surface area contributed by atoms with E-state index in [9.17, 15) is 4.79 Å². The van der Waals surface area contributed by atoms with Crippen molar-refractivity contribution in [3.05, 3.63) is 12.7 Å². The van der Waals surface area contributed by atoms with Crippen LogP contribution in [-0.2, 0) is 9.53 Å². The lowest BCUT2D eigenvalue weighted by molar-refractivity contribution is -0.142. The lowest BCUT2D eigenvalue weighted by atomic mass is 10.0. The van der Waals surface area contributed by atoms with E-state index < -0.39 is 3.93 Å². The lowest BCUT2D eigenvalue weighted by Gasteiger charge is -2.11. The first-order valence-corrected chi connectivity index (χ1v) is 19.7. The van der Waals surface area contributed by atoms with Gasteiger partial charge in [0.2, 0.25) is 0 Å². The van der Waals surface area contributed by atoms with E-state index in [1.165, 1.54) is 95.6 Å². The molecule has 0 aliphatic carbocycles. The van der Waals surface area contributed by atoms with Crippen LogP contribution >= 0.6 is 45.9 Å². The summed E-state index contributed by atoms with van der Waals surface area (Å²) in [5.74, 6) is -0.306. The van der Waals surface area contributed by atoms with Crippen LogP contribution in [-0.4, -0.2) is 16.0 Å². The number of halogens is 3. The summed E-state index contributed by atoms with van der Waals surface area (Å²) in [6, 6.07) is 1.26. The number of unbranched alkanes of at least 4 members (excludes halogenated alkanes) is 13. The predicted octanol–water partition coefficient (Wildman–Crippen LogP) is 9.08. The van der Waals surface area contributed by atoms with Gasteiger partial charge in [0.1, 0.15) is 0 Å². The molecule has 1 unspecified atom stereocenters. The predicted molar refractivity (Wildman–Crippen MR) is 132 cm³/mol. The van der Waals surface area contributed by atoms with Gasteiger partial charge in [0.15, 0.2) is 0 Å². The Morgan fingerprint density at radius 2 is 1.19 bits per heavy atom. The second kappa shape index (κ2) is 18.9. The van der Waals surface area contributed by atoms with Gasteiger partial charge in [-0.15, -0.1) is 0 Å². The Morgan fingerprint density at radius 1 is 0.815 bits per heavy atom. The maximum absolute atomic E-state index is 11.1. The third-order valence-electron chi connectivity index (χ3n) is 4.80. The molecule has 0 radical (unpaired) electrons. The van der Waals surface area contributed by atoms with E-state index in [-0.39, 0.29) is 12.1 Å². The Hall–Kier alpha value is 0.867. The number of esters is 1. The summed E-state index contributed by atoms with van der Waals surface area (Å²) < 4.78 is 3.81. The van der Waals surface area contributed by atoms with E-state index in [0.717, 1.165) is 12.8 Å². The molecule has 0 N–H and O–H groups in total. The third kappa shape index (κ3) is 23.0. The molecular formula is C21H39Br3O2Si. The van der Waals surface area contributed by atoms with Crippen LogP contribution in [0.15, 0.2) is 12.7 Å². The maximum atomic E-state index is 11.1. The van der Waals surface area contributed by atoms with Crippen molar-refractivity contribution in [2.75, 3.05) is 0 Å². The van der Waals surface area contributed by atoms with Crippen molar-refractivity contribution in [1.29, 1.82) is 0 Å². The fraction of sp³-hybridized carbons (Fsp3) is 0.857. The number of carbonyl (C=O) groups is 1. The zero-order valence-corrected chi connectivity index (χ0v) is 22.9. The number of rotatable bonds is 19. The Bertz CT molecular complexity index is 373. The van der Waals surface area contributed by atoms with Gasteiger partial charge in [-0.1, -0.05) is 136 Å². The highest BCUT2D eigenvalue weighted by Gasteiger charge is 2.20. The Labute approximate surface area is 192 Å². The summed E-state index contributed by atoms with van der Waals surface area (Å²) in [7, 11) is 0. The van der Waals surface area contributed by atoms with Gasteiger partial charge in [0.05, 0.1) is 6.10 Å². The molecular weight excluding hydrogens is 552 g/mol. The minimum Gasteiger partial charge on any atom is -0.460 e.